The van der Waals surface area contributed by atoms with Crippen molar-refractivity contribution in [3.8, 4) is 0 Å². The van der Waals surface area contributed by atoms with Crippen LogP contribution < -0.4 is 10.2 Å². The second-order valence-electron chi connectivity index (χ2n) is 5.43. The van der Waals surface area contributed by atoms with E-state index < -0.39 is 10.5 Å². The van der Waals surface area contributed by atoms with Gasteiger partial charge in [0.2, 0.25) is 0 Å². The van der Waals surface area contributed by atoms with Gasteiger partial charge in [-0.3, -0.25) is 4.99 Å². The van der Waals surface area contributed by atoms with Crippen LogP contribution in [0.1, 0.15) is 11.1 Å². The van der Waals surface area contributed by atoms with Gasteiger partial charge in [0.25, 0.3) is 0 Å². The predicted molar refractivity (Wildman–Crippen MR) is 90.7 cm³/mol. The third-order valence-corrected chi connectivity index (χ3v) is 4.32. The van der Waals surface area contributed by atoms with Gasteiger partial charge in [-0.05, 0) is 18.2 Å². The average molecular weight is 329 g/mol. The first-order valence-electron chi connectivity index (χ1n) is 7.05. The number of para-hydroxylation sites is 1. The Morgan fingerprint density at radius 1 is 1.17 bits per heavy atom. The van der Waals surface area contributed by atoms with Gasteiger partial charge in [-0.2, -0.15) is 0 Å². The fourth-order valence-corrected chi connectivity index (χ4v) is 2.79. The van der Waals surface area contributed by atoms with Crippen LogP contribution in [-0.2, 0) is 4.79 Å². The van der Waals surface area contributed by atoms with E-state index in [0.717, 1.165) is 5.56 Å². The van der Waals surface area contributed by atoms with Crippen molar-refractivity contribution in [1.29, 1.82) is 0 Å². The highest BCUT2D eigenvalue weighted by atomic mass is 35.5. The summed E-state index contributed by atoms with van der Waals surface area (Å²) in [5.74, 6) is -0.367. The van der Waals surface area contributed by atoms with E-state index in [0.29, 0.717) is 22.0 Å². The molecule has 3 rings (SSSR count). The Labute approximate surface area is 138 Å². The summed E-state index contributed by atoms with van der Waals surface area (Å²) < 4.78 is -0.600. The fraction of sp³-hybridized carbons (Fsp3) is 0.118. The first-order chi connectivity index (χ1) is 10.9. The number of halogens is 1. The molecule has 23 heavy (non-hydrogen) atoms. The van der Waals surface area contributed by atoms with Gasteiger partial charge in [-0.1, -0.05) is 35.9 Å². The molecule has 1 aliphatic rings. The molecule has 116 valence electrons. The summed E-state index contributed by atoms with van der Waals surface area (Å²) in [6.45, 7) is -0.119. The van der Waals surface area contributed by atoms with Crippen LogP contribution in [-0.4, -0.2) is 31.2 Å². The van der Waals surface area contributed by atoms with Crippen molar-refractivity contribution in [2.24, 2.45) is 10.7 Å². The number of hydrogen-bond acceptors (Lipinski definition) is 3. The summed E-state index contributed by atoms with van der Waals surface area (Å²) in [6, 6.07) is 13.6. The Morgan fingerprint density at radius 2 is 1.83 bits per heavy atom. The van der Waals surface area contributed by atoms with Crippen LogP contribution in [0, 0.1) is 0 Å². The number of benzodiazepines with no additional fused rings is 1. The highest BCUT2D eigenvalue weighted by Gasteiger charge is 2.44. The number of amides is 3. The molecule has 2 aromatic carbocycles. The quantitative estimate of drug-likeness (QED) is 0.817. The van der Waals surface area contributed by atoms with E-state index >= 15 is 0 Å². The molecule has 1 atom stereocenters. The molecule has 0 aliphatic carbocycles. The van der Waals surface area contributed by atoms with E-state index in [1.54, 1.807) is 24.3 Å². The molecule has 0 fully saturated rings. The molecule has 1 aliphatic heterocycles. The van der Waals surface area contributed by atoms with Crippen molar-refractivity contribution in [3.63, 3.8) is 0 Å². The normalized spacial score (nSPS) is 20.4. The van der Waals surface area contributed by atoms with Crippen molar-refractivity contribution < 1.29 is 9.59 Å². The van der Waals surface area contributed by atoms with Crippen LogP contribution in [0.3, 0.4) is 0 Å². The molecule has 0 radical (unpaired) electrons. The third kappa shape index (κ3) is 2.44. The molecule has 1 unspecified atom stereocenters. The van der Waals surface area contributed by atoms with E-state index in [9.17, 15) is 9.59 Å². The standard InChI is InChI=1S/C17H14ClN3O2/c1-21(17(19)23)14-5-3-2-4-13(14)16(20-10-15(21)22)11-6-8-12(18)9-7-11/h2-9H,10H2,1H3,(H-,19,23)/p+1. The Hall–Kier alpha value is -2.50. The first kappa shape index (κ1) is 15.4. The fourth-order valence-electron chi connectivity index (χ4n) is 2.67. The number of nitrogens with two attached hydrogens (primary N) is 1. The van der Waals surface area contributed by atoms with E-state index in [1.165, 1.54) is 7.05 Å². The van der Waals surface area contributed by atoms with Crippen LogP contribution in [0.5, 0.6) is 0 Å². The highest BCUT2D eigenvalue weighted by molar-refractivity contribution is 6.31. The van der Waals surface area contributed by atoms with Gasteiger partial charge in [-0.25, -0.2) is 9.59 Å². The maximum absolute atomic E-state index is 12.5. The van der Waals surface area contributed by atoms with Crippen molar-refractivity contribution in [2.75, 3.05) is 13.6 Å². The number of urea groups is 1. The van der Waals surface area contributed by atoms with Crippen LogP contribution in [0.4, 0.5) is 10.5 Å². The minimum atomic E-state index is -0.727. The van der Waals surface area contributed by atoms with Crippen LogP contribution in [0.25, 0.3) is 0 Å². The van der Waals surface area contributed by atoms with Crippen LogP contribution >= 0.6 is 11.6 Å². The lowest BCUT2D eigenvalue weighted by Gasteiger charge is -2.26. The number of nitrogens with zero attached hydrogens (tertiary/aromatic N) is 2. The monoisotopic (exact) mass is 328 g/mol. The number of carbonyl (C=O) groups is 2. The van der Waals surface area contributed by atoms with Crippen LogP contribution in [0.2, 0.25) is 5.02 Å². The molecule has 0 aromatic heterocycles. The molecule has 0 saturated carbocycles. The van der Waals surface area contributed by atoms with Gasteiger partial charge < -0.3 is 5.73 Å². The molecule has 3 amide bonds. The lowest BCUT2D eigenvalue weighted by molar-refractivity contribution is -0.125. The predicted octanol–water partition coefficient (Wildman–Crippen LogP) is 2.73. The summed E-state index contributed by atoms with van der Waals surface area (Å²) in [5.41, 5.74) is 8.23. The van der Waals surface area contributed by atoms with E-state index in [-0.39, 0.29) is 12.5 Å². The van der Waals surface area contributed by atoms with Crippen molar-refractivity contribution >= 4 is 34.9 Å². The Bertz CT molecular complexity index is 830. The molecule has 6 heteroatoms. The zero-order chi connectivity index (χ0) is 16.6. The maximum atomic E-state index is 12.5. The number of carbonyl (C=O) groups excluding carboxylic acids is 2. The lowest BCUT2D eigenvalue weighted by atomic mass is 9.99. The highest BCUT2D eigenvalue weighted by Crippen LogP contribution is 2.31. The molecule has 1 heterocycles. The van der Waals surface area contributed by atoms with E-state index in [4.69, 9.17) is 17.3 Å². The molecule has 0 spiro atoms. The molecular formula is C17H15ClN3O2+. The SMILES string of the molecule is C[N+]1(C(N)=O)C(=O)CN=C(c2ccc(Cl)cc2)c2ccccc21. The Morgan fingerprint density at radius 3 is 2.48 bits per heavy atom. The lowest BCUT2D eigenvalue weighted by Crippen LogP contribution is -2.59. The summed E-state index contributed by atoms with van der Waals surface area (Å²) in [5, 5.41) is 0.616. The van der Waals surface area contributed by atoms with Gasteiger partial charge in [0.05, 0.1) is 18.3 Å². The zero-order valence-electron chi connectivity index (χ0n) is 12.5. The summed E-state index contributed by atoms with van der Waals surface area (Å²) in [6.07, 6.45) is 0. The number of fused-ring (bicyclic) bond motifs is 1. The number of rotatable bonds is 1. The number of benzene rings is 2. The topological polar surface area (TPSA) is 72.5 Å². The third-order valence-electron chi connectivity index (χ3n) is 4.07. The van der Waals surface area contributed by atoms with Crippen molar-refractivity contribution in [1.82, 2.24) is 4.48 Å². The number of hydrogen-bond donors (Lipinski definition) is 1. The summed E-state index contributed by atoms with van der Waals surface area (Å²) in [7, 11) is 1.50. The van der Waals surface area contributed by atoms with E-state index in [2.05, 4.69) is 4.99 Å². The molecule has 0 bridgehead atoms. The van der Waals surface area contributed by atoms with Gasteiger partial charge in [0.15, 0.2) is 12.2 Å². The number of aliphatic imine (C=N–C) groups is 1. The first-order valence-corrected chi connectivity index (χ1v) is 7.42. The van der Waals surface area contributed by atoms with Gasteiger partial charge in [0, 0.05) is 16.7 Å². The Kier molecular flexibility index (Phi) is 3.75. The minimum absolute atomic E-state index is 0.119. The molecule has 5 nitrogen and oxygen atoms in total. The number of quaternary nitrogens is 1. The summed E-state index contributed by atoms with van der Waals surface area (Å²) in [4.78, 5) is 28.9. The Balaban J connectivity index is 2.25. The second-order valence-corrected chi connectivity index (χ2v) is 5.86. The largest absolute Gasteiger partial charge is 0.426 e. The summed E-state index contributed by atoms with van der Waals surface area (Å²) >= 11 is 5.93. The van der Waals surface area contributed by atoms with Crippen molar-refractivity contribution in [2.45, 2.75) is 0 Å². The second kappa shape index (κ2) is 5.61. The smallest absolute Gasteiger partial charge is 0.318 e. The maximum Gasteiger partial charge on any atom is 0.426 e. The molecule has 0 saturated heterocycles. The number of imide groups is 1. The zero-order valence-corrected chi connectivity index (χ0v) is 13.2. The molecular weight excluding hydrogens is 314 g/mol. The van der Waals surface area contributed by atoms with Gasteiger partial charge in [0.1, 0.15) is 0 Å². The minimum Gasteiger partial charge on any atom is -0.318 e. The van der Waals surface area contributed by atoms with E-state index in [1.807, 2.05) is 24.3 Å². The number of primary amides is 1. The van der Waals surface area contributed by atoms with Gasteiger partial charge in [-0.15, -0.1) is 4.48 Å². The average Bonchev–Trinajstić information content (AvgIpc) is 2.66. The van der Waals surface area contributed by atoms with Gasteiger partial charge >= 0.3 is 11.9 Å². The van der Waals surface area contributed by atoms with Crippen molar-refractivity contribution in [3.05, 3.63) is 64.7 Å². The number of likely N-dealkylation sites (N-methyl/N-ethyl adjacent to an activating group) is 1. The van der Waals surface area contributed by atoms with Crippen LogP contribution in [0.15, 0.2) is 53.5 Å². The molecule has 2 aromatic rings. The molecule has 2 N–H and O–H groups in total.